The van der Waals surface area contributed by atoms with Gasteiger partial charge in [0.25, 0.3) is 11.6 Å². The first-order chi connectivity index (χ1) is 8.92. The number of carbonyl (C=O) groups excluding carboxylic acids is 1. The first kappa shape index (κ1) is 15.0. The molecule has 0 aromatic heterocycles. The zero-order valence-corrected chi connectivity index (χ0v) is 10.1. The van der Waals surface area contributed by atoms with Crippen molar-refractivity contribution in [2.45, 2.75) is 6.92 Å². The average molecular weight is 274 g/mol. The van der Waals surface area contributed by atoms with Gasteiger partial charge in [-0.15, -0.1) is 0 Å². The van der Waals surface area contributed by atoms with Crippen LogP contribution in [0.4, 0.5) is 14.5 Å². The highest BCUT2D eigenvalue weighted by molar-refractivity contribution is 5.98. The van der Waals surface area contributed by atoms with E-state index in [9.17, 15) is 23.7 Å². The summed E-state index contributed by atoms with van der Waals surface area (Å²) in [5, 5.41) is 19.5. The van der Waals surface area contributed by atoms with Gasteiger partial charge in [-0.25, -0.2) is 8.78 Å². The summed E-state index contributed by atoms with van der Waals surface area (Å²) in [5.74, 6) is -3.57. The fraction of sp³-hybridized carbons (Fsp3) is 0.364. The number of aliphatic hydroxyl groups excluding tert-OH is 1. The minimum atomic E-state index is -1.39. The van der Waals surface area contributed by atoms with E-state index >= 15 is 0 Å². The molecule has 0 bridgehead atoms. The lowest BCUT2D eigenvalue weighted by Crippen LogP contribution is -2.33. The highest BCUT2D eigenvalue weighted by Crippen LogP contribution is 2.23. The number of carbonyl (C=O) groups is 1. The van der Waals surface area contributed by atoms with Crippen LogP contribution < -0.4 is 0 Å². The van der Waals surface area contributed by atoms with Crippen molar-refractivity contribution in [3.63, 3.8) is 0 Å². The first-order valence-corrected chi connectivity index (χ1v) is 5.45. The van der Waals surface area contributed by atoms with Gasteiger partial charge < -0.3 is 10.0 Å². The van der Waals surface area contributed by atoms with Crippen molar-refractivity contribution in [3.8, 4) is 0 Å². The molecule has 6 nitrogen and oxygen atoms in total. The Bertz CT molecular complexity index is 508. The van der Waals surface area contributed by atoms with Gasteiger partial charge in [0.1, 0.15) is 5.56 Å². The van der Waals surface area contributed by atoms with Crippen molar-refractivity contribution in [2.24, 2.45) is 0 Å². The van der Waals surface area contributed by atoms with Crippen molar-refractivity contribution in [1.29, 1.82) is 0 Å². The van der Waals surface area contributed by atoms with Gasteiger partial charge in [-0.2, -0.15) is 0 Å². The van der Waals surface area contributed by atoms with Gasteiger partial charge >= 0.3 is 0 Å². The summed E-state index contributed by atoms with van der Waals surface area (Å²) in [4.78, 5) is 22.9. The molecule has 1 amide bonds. The van der Waals surface area contributed by atoms with E-state index in [4.69, 9.17) is 5.11 Å². The van der Waals surface area contributed by atoms with Gasteiger partial charge in [-0.1, -0.05) is 0 Å². The SMILES string of the molecule is CCN(CCO)C(=O)c1cc(F)c(F)cc1[N+](=O)[O-]. The monoisotopic (exact) mass is 274 g/mol. The highest BCUT2D eigenvalue weighted by Gasteiger charge is 2.26. The standard InChI is InChI=1S/C11H12F2N2O4/c1-2-14(3-4-16)11(17)7-5-8(12)9(13)6-10(7)15(18)19/h5-6,16H,2-4H2,1H3. The van der Waals surface area contributed by atoms with Crippen molar-refractivity contribution in [3.05, 3.63) is 39.4 Å². The van der Waals surface area contributed by atoms with Gasteiger partial charge in [0.15, 0.2) is 11.6 Å². The Hall–Kier alpha value is -2.09. The normalized spacial score (nSPS) is 10.3. The molecule has 1 rings (SSSR count). The van der Waals surface area contributed by atoms with Gasteiger partial charge in [0.2, 0.25) is 0 Å². The van der Waals surface area contributed by atoms with Crippen LogP contribution in [0, 0.1) is 21.7 Å². The quantitative estimate of drug-likeness (QED) is 0.648. The Kier molecular flexibility index (Phi) is 4.87. The molecule has 0 unspecified atom stereocenters. The molecular weight excluding hydrogens is 262 g/mol. The summed E-state index contributed by atoms with van der Waals surface area (Å²) < 4.78 is 26.1. The van der Waals surface area contributed by atoms with Gasteiger partial charge in [0.05, 0.1) is 17.6 Å². The number of hydrogen-bond acceptors (Lipinski definition) is 4. The average Bonchev–Trinajstić information content (AvgIpc) is 2.37. The number of nitro groups is 1. The number of amides is 1. The molecule has 1 aromatic rings. The molecule has 1 N–H and O–H groups in total. The molecule has 0 atom stereocenters. The molecule has 0 aliphatic carbocycles. The molecule has 0 saturated heterocycles. The van der Waals surface area contributed by atoms with Crippen LogP contribution in [0.15, 0.2) is 12.1 Å². The molecule has 0 heterocycles. The Morgan fingerprint density at radius 2 is 2.00 bits per heavy atom. The third-order valence-electron chi connectivity index (χ3n) is 2.50. The van der Waals surface area contributed by atoms with Crippen LogP contribution in [0.5, 0.6) is 0 Å². The minimum absolute atomic E-state index is 0.0501. The fourth-order valence-electron chi connectivity index (χ4n) is 1.55. The molecule has 0 spiro atoms. The van der Waals surface area contributed by atoms with Crippen molar-refractivity contribution >= 4 is 11.6 Å². The smallest absolute Gasteiger partial charge is 0.285 e. The molecule has 0 aliphatic rings. The lowest BCUT2D eigenvalue weighted by Gasteiger charge is -2.19. The molecule has 0 aliphatic heterocycles. The summed E-state index contributed by atoms with van der Waals surface area (Å²) in [6.07, 6.45) is 0. The summed E-state index contributed by atoms with van der Waals surface area (Å²) >= 11 is 0. The first-order valence-electron chi connectivity index (χ1n) is 5.45. The Morgan fingerprint density at radius 1 is 1.42 bits per heavy atom. The van der Waals surface area contributed by atoms with Crippen LogP contribution in [0.3, 0.4) is 0 Å². The van der Waals surface area contributed by atoms with Crippen LogP contribution >= 0.6 is 0 Å². The molecule has 19 heavy (non-hydrogen) atoms. The number of rotatable bonds is 5. The van der Waals surface area contributed by atoms with Crippen molar-refractivity contribution in [1.82, 2.24) is 4.90 Å². The second kappa shape index (κ2) is 6.19. The second-order valence-electron chi connectivity index (χ2n) is 3.65. The van der Waals surface area contributed by atoms with E-state index in [0.717, 1.165) is 4.90 Å². The molecular formula is C11H12F2N2O4. The van der Waals surface area contributed by atoms with Crippen LogP contribution in [-0.4, -0.2) is 40.5 Å². The van der Waals surface area contributed by atoms with Crippen LogP contribution in [0.1, 0.15) is 17.3 Å². The van der Waals surface area contributed by atoms with Gasteiger partial charge in [0, 0.05) is 13.1 Å². The van der Waals surface area contributed by atoms with Crippen LogP contribution in [0.25, 0.3) is 0 Å². The van der Waals surface area contributed by atoms with E-state index in [1.165, 1.54) is 0 Å². The van der Waals surface area contributed by atoms with Crippen molar-refractivity contribution < 1.29 is 23.6 Å². The van der Waals surface area contributed by atoms with Gasteiger partial charge in [-0.05, 0) is 13.0 Å². The number of nitrogens with zero attached hydrogens (tertiary/aromatic N) is 2. The Balaban J connectivity index is 3.28. The summed E-state index contributed by atoms with van der Waals surface area (Å²) in [5.41, 5.74) is -1.35. The predicted octanol–water partition coefficient (Wildman–Crippen LogP) is 1.33. The highest BCUT2D eigenvalue weighted by atomic mass is 19.2. The van der Waals surface area contributed by atoms with E-state index in [-0.39, 0.29) is 19.7 Å². The van der Waals surface area contributed by atoms with Crippen molar-refractivity contribution in [2.75, 3.05) is 19.7 Å². The zero-order chi connectivity index (χ0) is 14.6. The molecule has 0 radical (unpaired) electrons. The number of halogens is 2. The largest absolute Gasteiger partial charge is 0.395 e. The van der Waals surface area contributed by atoms with Crippen LogP contribution in [-0.2, 0) is 0 Å². The molecule has 0 saturated carbocycles. The lowest BCUT2D eigenvalue weighted by atomic mass is 10.1. The van der Waals surface area contributed by atoms with E-state index in [0.29, 0.717) is 12.1 Å². The second-order valence-corrected chi connectivity index (χ2v) is 3.65. The number of likely N-dealkylation sites (N-methyl/N-ethyl adjacent to an activating group) is 1. The third-order valence-corrected chi connectivity index (χ3v) is 2.50. The van der Waals surface area contributed by atoms with E-state index in [2.05, 4.69) is 0 Å². The topological polar surface area (TPSA) is 83.7 Å². The number of aliphatic hydroxyl groups is 1. The molecule has 104 valence electrons. The van der Waals surface area contributed by atoms with E-state index < -0.39 is 33.7 Å². The zero-order valence-electron chi connectivity index (χ0n) is 10.1. The number of benzene rings is 1. The summed E-state index contributed by atoms with van der Waals surface area (Å²) in [7, 11) is 0. The van der Waals surface area contributed by atoms with E-state index in [1.807, 2.05) is 0 Å². The molecule has 8 heteroatoms. The third kappa shape index (κ3) is 3.22. The minimum Gasteiger partial charge on any atom is -0.395 e. The Labute approximate surface area is 107 Å². The predicted molar refractivity (Wildman–Crippen MR) is 61.7 cm³/mol. The molecule has 0 fully saturated rings. The maximum atomic E-state index is 13.1. The molecule has 1 aromatic carbocycles. The fourth-order valence-corrected chi connectivity index (χ4v) is 1.55. The van der Waals surface area contributed by atoms with Crippen LogP contribution in [0.2, 0.25) is 0 Å². The summed E-state index contributed by atoms with van der Waals surface area (Å²) in [6, 6.07) is 0.866. The number of hydrogen-bond donors (Lipinski definition) is 1. The van der Waals surface area contributed by atoms with Gasteiger partial charge in [-0.3, -0.25) is 14.9 Å². The summed E-state index contributed by atoms with van der Waals surface area (Å²) in [6.45, 7) is 1.39. The number of nitro benzene ring substituents is 1. The lowest BCUT2D eigenvalue weighted by molar-refractivity contribution is -0.385. The maximum absolute atomic E-state index is 13.1. The van der Waals surface area contributed by atoms with E-state index in [1.54, 1.807) is 6.92 Å². The maximum Gasteiger partial charge on any atom is 0.285 e. The Morgan fingerprint density at radius 3 is 2.47 bits per heavy atom.